The third kappa shape index (κ3) is 4.32. The van der Waals surface area contributed by atoms with Crippen molar-refractivity contribution in [1.82, 2.24) is 0 Å². The second-order valence-electron chi connectivity index (χ2n) is 5.66. The molecule has 6 nitrogen and oxygen atoms in total. The van der Waals surface area contributed by atoms with Gasteiger partial charge in [0.05, 0.1) is 5.39 Å². The molecular weight excluding hydrogens is 377 g/mol. The van der Waals surface area contributed by atoms with Gasteiger partial charge in [0, 0.05) is 16.8 Å². The third-order valence-corrected chi connectivity index (χ3v) is 3.87. The van der Waals surface area contributed by atoms with Crippen LogP contribution in [0.2, 0.25) is 5.02 Å². The van der Waals surface area contributed by atoms with Crippen molar-refractivity contribution in [2.24, 2.45) is 0 Å². The van der Waals surface area contributed by atoms with Gasteiger partial charge in [0.2, 0.25) is 5.76 Å². The van der Waals surface area contributed by atoms with Crippen LogP contribution in [0.1, 0.15) is 17.5 Å². The second kappa shape index (κ2) is 7.59. The zero-order chi connectivity index (χ0) is 19.6. The van der Waals surface area contributed by atoms with Crippen LogP contribution in [0.5, 0.6) is 0 Å². The van der Waals surface area contributed by atoms with Crippen molar-refractivity contribution in [3.63, 3.8) is 0 Å². The number of carbonyl (C=O) groups is 2. The van der Waals surface area contributed by atoms with Gasteiger partial charge < -0.3 is 14.5 Å². The molecule has 0 aliphatic carbocycles. The molecule has 0 unspecified atom stereocenters. The van der Waals surface area contributed by atoms with Crippen molar-refractivity contribution in [2.45, 2.75) is 13.0 Å². The molecule has 27 heavy (non-hydrogen) atoms. The number of hydrogen-bond donors (Lipinski definition) is 1. The monoisotopic (exact) mass is 389 g/mol. The maximum atomic E-state index is 13.2. The molecule has 1 N–H and O–H groups in total. The van der Waals surface area contributed by atoms with E-state index in [2.05, 4.69) is 5.32 Å². The molecule has 0 aliphatic heterocycles. The highest BCUT2D eigenvalue weighted by Gasteiger charge is 2.21. The van der Waals surface area contributed by atoms with Crippen molar-refractivity contribution >= 4 is 40.1 Å². The number of ether oxygens (including phenoxy) is 1. The van der Waals surface area contributed by atoms with E-state index in [0.717, 1.165) is 12.1 Å². The first-order chi connectivity index (χ1) is 12.8. The summed E-state index contributed by atoms with van der Waals surface area (Å²) < 4.78 is 23.5. The Balaban J connectivity index is 1.74. The topological polar surface area (TPSA) is 85.6 Å². The summed E-state index contributed by atoms with van der Waals surface area (Å²) in [7, 11) is 0. The highest BCUT2D eigenvalue weighted by molar-refractivity contribution is 6.31. The Labute approximate surface area is 157 Å². The Kier molecular flexibility index (Phi) is 5.23. The molecule has 0 fully saturated rings. The van der Waals surface area contributed by atoms with Crippen LogP contribution in [-0.2, 0) is 9.53 Å². The number of anilines is 1. The molecule has 138 valence electrons. The van der Waals surface area contributed by atoms with Crippen LogP contribution in [0, 0.1) is 5.82 Å². The SMILES string of the molecule is C[C@H](OC(=O)c1cc(=O)c2cc(Cl)ccc2o1)C(=O)Nc1cccc(F)c1. The van der Waals surface area contributed by atoms with Crippen LogP contribution in [-0.4, -0.2) is 18.0 Å². The molecule has 0 saturated carbocycles. The summed E-state index contributed by atoms with van der Waals surface area (Å²) in [5.41, 5.74) is -0.0877. The van der Waals surface area contributed by atoms with E-state index in [-0.39, 0.29) is 22.4 Å². The molecular formula is C19H13ClFNO5. The van der Waals surface area contributed by atoms with Crippen molar-refractivity contribution in [3.05, 3.63) is 75.4 Å². The Bertz CT molecular complexity index is 1090. The Morgan fingerprint density at radius 3 is 2.70 bits per heavy atom. The highest BCUT2D eigenvalue weighted by atomic mass is 35.5. The first-order valence-corrected chi connectivity index (χ1v) is 8.22. The number of fused-ring (bicyclic) bond motifs is 1. The van der Waals surface area contributed by atoms with Crippen molar-refractivity contribution in [2.75, 3.05) is 5.32 Å². The number of esters is 1. The van der Waals surface area contributed by atoms with Crippen LogP contribution in [0.15, 0.2) is 57.7 Å². The number of nitrogens with one attached hydrogen (secondary N) is 1. The molecule has 3 aromatic rings. The lowest BCUT2D eigenvalue weighted by atomic mass is 10.2. The van der Waals surface area contributed by atoms with Gasteiger partial charge in [-0.15, -0.1) is 0 Å². The zero-order valence-electron chi connectivity index (χ0n) is 14.0. The predicted octanol–water partition coefficient (Wildman–Crippen LogP) is 3.77. The van der Waals surface area contributed by atoms with Gasteiger partial charge in [0.1, 0.15) is 11.4 Å². The van der Waals surface area contributed by atoms with Gasteiger partial charge in [-0.25, -0.2) is 9.18 Å². The molecule has 1 atom stereocenters. The Morgan fingerprint density at radius 2 is 1.96 bits per heavy atom. The van der Waals surface area contributed by atoms with Crippen LogP contribution in [0.4, 0.5) is 10.1 Å². The van der Waals surface area contributed by atoms with Gasteiger partial charge in [-0.3, -0.25) is 9.59 Å². The van der Waals surface area contributed by atoms with Gasteiger partial charge in [0.25, 0.3) is 5.91 Å². The predicted molar refractivity (Wildman–Crippen MR) is 97.4 cm³/mol. The number of rotatable bonds is 4. The third-order valence-electron chi connectivity index (χ3n) is 3.64. The van der Waals surface area contributed by atoms with Gasteiger partial charge in [-0.05, 0) is 43.3 Å². The van der Waals surface area contributed by atoms with Crippen LogP contribution in [0.25, 0.3) is 11.0 Å². The largest absolute Gasteiger partial charge is 0.449 e. The van der Waals surface area contributed by atoms with Gasteiger partial charge in [0.15, 0.2) is 11.5 Å². The summed E-state index contributed by atoms with van der Waals surface area (Å²) in [6, 6.07) is 10.6. The molecule has 0 spiro atoms. The van der Waals surface area contributed by atoms with Gasteiger partial charge in [-0.2, -0.15) is 0 Å². The Hall–Kier alpha value is -3.19. The molecule has 8 heteroatoms. The number of hydrogen-bond acceptors (Lipinski definition) is 5. The van der Waals surface area contributed by atoms with E-state index < -0.39 is 29.2 Å². The highest BCUT2D eigenvalue weighted by Crippen LogP contribution is 2.18. The average Bonchev–Trinajstić information content (AvgIpc) is 2.62. The van der Waals surface area contributed by atoms with E-state index >= 15 is 0 Å². The maximum absolute atomic E-state index is 13.2. The maximum Gasteiger partial charge on any atom is 0.375 e. The van der Waals surface area contributed by atoms with Crippen molar-refractivity contribution < 1.29 is 23.1 Å². The summed E-state index contributed by atoms with van der Waals surface area (Å²) >= 11 is 5.83. The lowest BCUT2D eigenvalue weighted by Gasteiger charge is -2.13. The van der Waals surface area contributed by atoms with Crippen LogP contribution in [0.3, 0.4) is 0 Å². The molecule has 0 bridgehead atoms. The van der Waals surface area contributed by atoms with Gasteiger partial charge >= 0.3 is 5.97 Å². The second-order valence-corrected chi connectivity index (χ2v) is 6.10. The van der Waals surface area contributed by atoms with E-state index in [4.69, 9.17) is 20.8 Å². The minimum atomic E-state index is -1.20. The summed E-state index contributed by atoms with van der Waals surface area (Å²) in [4.78, 5) is 36.4. The number of carbonyl (C=O) groups excluding carboxylic acids is 2. The molecule has 3 rings (SSSR count). The van der Waals surface area contributed by atoms with E-state index in [1.807, 2.05) is 0 Å². The quantitative estimate of drug-likeness (QED) is 0.686. The van der Waals surface area contributed by atoms with E-state index in [0.29, 0.717) is 5.02 Å². The smallest absolute Gasteiger partial charge is 0.375 e. The van der Waals surface area contributed by atoms with E-state index in [9.17, 15) is 18.8 Å². The average molecular weight is 390 g/mol. The summed E-state index contributed by atoms with van der Waals surface area (Å²) in [5, 5.41) is 3.00. The minimum Gasteiger partial charge on any atom is -0.449 e. The van der Waals surface area contributed by atoms with Crippen molar-refractivity contribution in [1.29, 1.82) is 0 Å². The van der Waals surface area contributed by atoms with E-state index in [1.165, 1.54) is 43.3 Å². The van der Waals surface area contributed by atoms with Gasteiger partial charge in [-0.1, -0.05) is 17.7 Å². The Morgan fingerprint density at radius 1 is 1.19 bits per heavy atom. The first kappa shape index (κ1) is 18.6. The first-order valence-electron chi connectivity index (χ1n) is 7.84. The molecule has 2 aromatic carbocycles. The summed E-state index contributed by atoms with van der Waals surface area (Å²) in [6.45, 7) is 1.34. The fraction of sp³-hybridized carbons (Fsp3) is 0.105. The number of halogens is 2. The van der Waals surface area contributed by atoms with Crippen molar-refractivity contribution in [3.8, 4) is 0 Å². The minimum absolute atomic E-state index is 0.163. The molecule has 1 heterocycles. The summed E-state index contributed by atoms with van der Waals surface area (Å²) in [6.07, 6.45) is -1.20. The van der Waals surface area contributed by atoms with Crippen LogP contribution < -0.4 is 10.7 Å². The molecule has 0 saturated heterocycles. The van der Waals surface area contributed by atoms with E-state index in [1.54, 1.807) is 0 Å². The van der Waals surface area contributed by atoms with Crippen LogP contribution >= 0.6 is 11.6 Å². The molecule has 0 radical (unpaired) electrons. The number of amides is 1. The normalized spacial score (nSPS) is 11.8. The summed E-state index contributed by atoms with van der Waals surface area (Å²) in [5.74, 6) is -2.51. The molecule has 0 aliphatic rings. The fourth-order valence-corrected chi connectivity index (χ4v) is 2.48. The standard InChI is InChI=1S/C19H13ClFNO5/c1-10(18(24)22-13-4-2-3-12(21)8-13)26-19(25)17-9-15(23)14-7-11(20)5-6-16(14)27-17/h2-10H,1H3,(H,22,24)/t10-/m0/s1. The molecule has 1 aromatic heterocycles. The lowest BCUT2D eigenvalue weighted by molar-refractivity contribution is -0.123. The molecule has 1 amide bonds. The lowest BCUT2D eigenvalue weighted by Crippen LogP contribution is -2.30. The fourth-order valence-electron chi connectivity index (χ4n) is 2.31. The zero-order valence-corrected chi connectivity index (χ0v) is 14.7. The number of benzene rings is 2.